The van der Waals surface area contributed by atoms with E-state index in [1.807, 2.05) is 0 Å². The predicted molar refractivity (Wildman–Crippen MR) is 77.6 cm³/mol. The highest BCUT2D eigenvalue weighted by Crippen LogP contribution is 2.20. The molecule has 0 radical (unpaired) electrons. The molecule has 0 aliphatic carbocycles. The summed E-state index contributed by atoms with van der Waals surface area (Å²) >= 11 is 0. The van der Waals surface area contributed by atoms with Gasteiger partial charge in [-0.2, -0.15) is 5.10 Å². The summed E-state index contributed by atoms with van der Waals surface area (Å²) < 4.78 is 2.34. The second-order valence-corrected chi connectivity index (χ2v) is 6.03. The molecular weight excluding hydrogens is 250 g/mol. The molecule has 0 saturated heterocycles. The highest BCUT2D eigenvalue weighted by atomic mass is 15.3. The van der Waals surface area contributed by atoms with Gasteiger partial charge >= 0.3 is 0 Å². The Morgan fingerprint density at radius 3 is 2.80 bits per heavy atom. The molecule has 0 amide bonds. The van der Waals surface area contributed by atoms with Gasteiger partial charge in [-0.1, -0.05) is 6.92 Å². The summed E-state index contributed by atoms with van der Waals surface area (Å²) in [6.07, 6.45) is 5.47. The van der Waals surface area contributed by atoms with Crippen LogP contribution in [0.5, 0.6) is 0 Å². The Balaban J connectivity index is 1.75. The van der Waals surface area contributed by atoms with E-state index in [0.29, 0.717) is 0 Å². The molecule has 1 unspecified atom stereocenters. The van der Waals surface area contributed by atoms with Gasteiger partial charge in [-0.25, -0.2) is 0 Å². The number of H-pyrrole nitrogens is 1. The van der Waals surface area contributed by atoms with Crippen molar-refractivity contribution < 1.29 is 0 Å². The van der Waals surface area contributed by atoms with Crippen LogP contribution in [0.4, 0.5) is 0 Å². The molecule has 2 aromatic rings. The average molecular weight is 273 g/mol. The fourth-order valence-electron chi connectivity index (χ4n) is 3.05. The molecule has 0 spiro atoms. The van der Waals surface area contributed by atoms with E-state index in [1.54, 1.807) is 0 Å². The van der Waals surface area contributed by atoms with Crippen LogP contribution in [-0.4, -0.2) is 25.0 Å². The Morgan fingerprint density at radius 2 is 2.05 bits per heavy atom. The molecule has 1 aliphatic heterocycles. The maximum Gasteiger partial charge on any atom is 0.133 e. The van der Waals surface area contributed by atoms with Crippen LogP contribution in [0.3, 0.4) is 0 Å². The van der Waals surface area contributed by atoms with Crippen molar-refractivity contribution in [2.24, 2.45) is 5.92 Å². The third kappa shape index (κ3) is 2.49. The number of aryl methyl sites for hydroxylation is 4. The third-order valence-electron chi connectivity index (χ3n) is 4.49. The van der Waals surface area contributed by atoms with Gasteiger partial charge in [0.05, 0.1) is 5.69 Å². The Kier molecular flexibility index (Phi) is 3.59. The molecule has 1 N–H and O–H groups in total. The van der Waals surface area contributed by atoms with Gasteiger partial charge in [0.1, 0.15) is 11.6 Å². The van der Waals surface area contributed by atoms with Crippen LogP contribution in [0, 0.1) is 19.8 Å². The first-order valence-electron chi connectivity index (χ1n) is 7.56. The highest BCUT2D eigenvalue weighted by molar-refractivity contribution is 5.23. The molecule has 0 fully saturated rings. The van der Waals surface area contributed by atoms with Crippen LogP contribution in [0.2, 0.25) is 0 Å². The first-order chi connectivity index (χ1) is 9.65. The van der Waals surface area contributed by atoms with Gasteiger partial charge in [0.2, 0.25) is 0 Å². The molecule has 20 heavy (non-hydrogen) atoms. The van der Waals surface area contributed by atoms with Crippen molar-refractivity contribution in [1.29, 1.82) is 0 Å². The maximum atomic E-state index is 4.41. The Labute approximate surface area is 119 Å². The summed E-state index contributed by atoms with van der Waals surface area (Å²) in [7, 11) is 0. The smallest absolute Gasteiger partial charge is 0.133 e. The van der Waals surface area contributed by atoms with Crippen LogP contribution >= 0.6 is 0 Å². The summed E-state index contributed by atoms with van der Waals surface area (Å²) in [5.41, 5.74) is 3.60. The van der Waals surface area contributed by atoms with E-state index in [0.717, 1.165) is 43.2 Å². The van der Waals surface area contributed by atoms with E-state index in [4.69, 9.17) is 0 Å². The minimum Gasteiger partial charge on any atom is -0.315 e. The van der Waals surface area contributed by atoms with Crippen LogP contribution < -0.4 is 0 Å². The molecule has 3 heterocycles. The third-order valence-corrected chi connectivity index (χ3v) is 4.49. The van der Waals surface area contributed by atoms with Crippen molar-refractivity contribution in [3.8, 4) is 0 Å². The van der Waals surface area contributed by atoms with E-state index < -0.39 is 0 Å². The lowest BCUT2D eigenvalue weighted by molar-refractivity contribution is 0.479. The van der Waals surface area contributed by atoms with Gasteiger partial charge in [0.15, 0.2) is 0 Å². The lowest BCUT2D eigenvalue weighted by Crippen LogP contribution is -2.08. The molecule has 1 atom stereocenters. The zero-order valence-electron chi connectivity index (χ0n) is 12.6. The number of hydrogen-bond acceptors (Lipinski definition) is 3. The summed E-state index contributed by atoms with van der Waals surface area (Å²) in [6, 6.07) is 0. The van der Waals surface area contributed by atoms with Gasteiger partial charge in [0, 0.05) is 25.1 Å². The molecule has 0 aromatic carbocycles. The summed E-state index contributed by atoms with van der Waals surface area (Å²) in [5.74, 6) is 3.10. The molecule has 0 bridgehead atoms. The Hall–Kier alpha value is -1.65. The van der Waals surface area contributed by atoms with E-state index in [-0.39, 0.29) is 0 Å². The molecule has 5 heteroatoms. The van der Waals surface area contributed by atoms with Gasteiger partial charge in [-0.15, -0.1) is 10.2 Å². The molecule has 2 aromatic heterocycles. The lowest BCUT2D eigenvalue weighted by Gasteiger charge is -2.08. The van der Waals surface area contributed by atoms with Crippen molar-refractivity contribution in [3.05, 3.63) is 28.6 Å². The normalized spacial score (nSPS) is 18.9. The van der Waals surface area contributed by atoms with Gasteiger partial charge in [-0.3, -0.25) is 5.10 Å². The second-order valence-electron chi connectivity index (χ2n) is 6.03. The average Bonchev–Trinajstić information content (AvgIpc) is 2.90. The van der Waals surface area contributed by atoms with Crippen molar-refractivity contribution in [2.45, 2.75) is 59.4 Å². The maximum absolute atomic E-state index is 4.41. The molecule has 5 nitrogen and oxygen atoms in total. The minimum absolute atomic E-state index is 0.794. The van der Waals surface area contributed by atoms with Crippen molar-refractivity contribution in [3.63, 3.8) is 0 Å². The lowest BCUT2D eigenvalue weighted by atomic mass is 10.0. The van der Waals surface area contributed by atoms with Crippen LogP contribution in [0.1, 0.15) is 48.4 Å². The van der Waals surface area contributed by atoms with E-state index in [9.17, 15) is 0 Å². The molecule has 1 aliphatic rings. The number of aromatic nitrogens is 5. The Morgan fingerprint density at radius 1 is 1.20 bits per heavy atom. The standard InChI is InChI=1S/C15H23N5/c1-10-4-6-14-18-19-15(20(14)9-8-10)7-5-13-11(2)16-17-12(13)3/h10H,4-9H2,1-3H3,(H,16,17). The molecular formula is C15H23N5. The van der Waals surface area contributed by atoms with Crippen molar-refractivity contribution >= 4 is 0 Å². The molecule has 3 rings (SSSR count). The Bertz CT molecular complexity index is 576. The van der Waals surface area contributed by atoms with Crippen LogP contribution in [-0.2, 0) is 25.8 Å². The fraction of sp³-hybridized carbons (Fsp3) is 0.667. The second kappa shape index (κ2) is 5.38. The number of fused-ring (bicyclic) bond motifs is 1. The highest BCUT2D eigenvalue weighted by Gasteiger charge is 2.18. The number of nitrogens with one attached hydrogen (secondary N) is 1. The topological polar surface area (TPSA) is 59.4 Å². The summed E-state index contributed by atoms with van der Waals surface area (Å²) in [6.45, 7) is 7.55. The first kappa shape index (κ1) is 13.3. The summed E-state index contributed by atoms with van der Waals surface area (Å²) in [5, 5.41) is 16.1. The van der Waals surface area contributed by atoms with Gasteiger partial charge in [-0.05, 0) is 44.6 Å². The fourth-order valence-corrected chi connectivity index (χ4v) is 3.05. The van der Waals surface area contributed by atoms with Gasteiger partial charge < -0.3 is 4.57 Å². The van der Waals surface area contributed by atoms with Crippen molar-refractivity contribution in [2.75, 3.05) is 0 Å². The van der Waals surface area contributed by atoms with E-state index in [2.05, 4.69) is 45.7 Å². The zero-order chi connectivity index (χ0) is 14.1. The molecule has 108 valence electrons. The number of nitrogens with zero attached hydrogens (tertiary/aromatic N) is 4. The summed E-state index contributed by atoms with van der Waals surface area (Å²) in [4.78, 5) is 0. The number of rotatable bonds is 3. The first-order valence-corrected chi connectivity index (χ1v) is 7.56. The van der Waals surface area contributed by atoms with Crippen molar-refractivity contribution in [1.82, 2.24) is 25.0 Å². The van der Waals surface area contributed by atoms with Gasteiger partial charge in [0.25, 0.3) is 0 Å². The predicted octanol–water partition coefficient (Wildman–Crippen LogP) is 2.38. The number of aromatic amines is 1. The number of hydrogen-bond donors (Lipinski definition) is 1. The SMILES string of the molecule is Cc1n[nH]c(C)c1CCc1nnc2n1CCC(C)CC2. The largest absolute Gasteiger partial charge is 0.315 e. The minimum atomic E-state index is 0.794. The zero-order valence-corrected chi connectivity index (χ0v) is 12.6. The quantitative estimate of drug-likeness (QED) is 0.934. The van der Waals surface area contributed by atoms with E-state index >= 15 is 0 Å². The van der Waals surface area contributed by atoms with Crippen LogP contribution in [0.15, 0.2) is 0 Å². The monoisotopic (exact) mass is 273 g/mol. The van der Waals surface area contributed by atoms with Crippen LogP contribution in [0.25, 0.3) is 0 Å². The van der Waals surface area contributed by atoms with E-state index in [1.165, 1.54) is 29.9 Å². The molecule has 0 saturated carbocycles.